The zero-order chi connectivity index (χ0) is 9.26. The molecule has 70 valence electrons. The minimum atomic E-state index is -0.327. The zero-order valence-electron chi connectivity index (χ0n) is 7.36. The van der Waals surface area contributed by atoms with E-state index in [1.807, 2.05) is 11.6 Å². The van der Waals surface area contributed by atoms with E-state index in [2.05, 4.69) is 10.3 Å². The van der Waals surface area contributed by atoms with Gasteiger partial charge in [0, 0.05) is 25.4 Å². The molecule has 0 radical (unpaired) electrons. The lowest BCUT2D eigenvalue weighted by molar-refractivity contribution is 0.176. The van der Waals surface area contributed by atoms with Crippen molar-refractivity contribution in [2.45, 2.75) is 12.5 Å². The summed E-state index contributed by atoms with van der Waals surface area (Å²) in [4.78, 5) is 14.7. The molecular weight excluding hydrogens is 170 g/mol. The highest BCUT2D eigenvalue weighted by molar-refractivity contribution is 5.69. The number of carbonyl (C=O) groups is 1. The number of nitrogens with one attached hydrogen (secondary N) is 1. The minimum Gasteiger partial charge on any atom is -0.447 e. The lowest BCUT2D eigenvalue weighted by Crippen LogP contribution is -2.28. The van der Waals surface area contributed by atoms with E-state index in [0.29, 0.717) is 6.61 Å². The molecule has 1 fully saturated rings. The van der Waals surface area contributed by atoms with Crippen LogP contribution in [0.3, 0.4) is 0 Å². The van der Waals surface area contributed by atoms with Gasteiger partial charge in [-0.2, -0.15) is 0 Å². The Morgan fingerprint density at radius 2 is 2.69 bits per heavy atom. The Kier molecular flexibility index (Phi) is 1.92. The quantitative estimate of drug-likeness (QED) is 0.702. The van der Waals surface area contributed by atoms with Crippen molar-refractivity contribution >= 4 is 6.09 Å². The van der Waals surface area contributed by atoms with Crippen molar-refractivity contribution in [3.63, 3.8) is 0 Å². The number of rotatable bonds is 2. The van der Waals surface area contributed by atoms with E-state index in [1.54, 1.807) is 12.5 Å². The van der Waals surface area contributed by atoms with Crippen LogP contribution in [0, 0.1) is 0 Å². The van der Waals surface area contributed by atoms with Gasteiger partial charge in [-0.05, 0) is 0 Å². The van der Waals surface area contributed by atoms with E-state index in [4.69, 9.17) is 4.74 Å². The first-order chi connectivity index (χ1) is 6.25. The number of carbonyl (C=O) groups excluding carboxylic acids is 1. The molecule has 1 aromatic rings. The third kappa shape index (κ3) is 1.63. The average Bonchev–Trinajstić information content (AvgIpc) is 2.64. The molecule has 5 nitrogen and oxygen atoms in total. The number of hydrogen-bond donors (Lipinski definition) is 1. The number of cyclic esters (lactones) is 1. The number of amides is 1. The van der Waals surface area contributed by atoms with Gasteiger partial charge in [-0.1, -0.05) is 0 Å². The first-order valence-corrected chi connectivity index (χ1v) is 4.14. The summed E-state index contributed by atoms with van der Waals surface area (Å²) in [5.41, 5.74) is 1.09. The Morgan fingerprint density at radius 3 is 3.23 bits per heavy atom. The van der Waals surface area contributed by atoms with Gasteiger partial charge >= 0.3 is 6.09 Å². The summed E-state index contributed by atoms with van der Waals surface area (Å²) in [5, 5.41) is 2.72. The summed E-state index contributed by atoms with van der Waals surface area (Å²) in [5.74, 6) is 0. The number of nitrogens with zero attached hydrogens (tertiary/aromatic N) is 2. The van der Waals surface area contributed by atoms with Crippen LogP contribution in [0.4, 0.5) is 4.79 Å². The summed E-state index contributed by atoms with van der Waals surface area (Å²) >= 11 is 0. The predicted molar refractivity (Wildman–Crippen MR) is 45.2 cm³/mol. The van der Waals surface area contributed by atoms with Crippen LogP contribution >= 0.6 is 0 Å². The molecule has 0 spiro atoms. The second-order valence-corrected chi connectivity index (χ2v) is 3.14. The Bertz CT molecular complexity index is 321. The van der Waals surface area contributed by atoms with Crippen LogP contribution in [-0.2, 0) is 18.2 Å². The average molecular weight is 181 g/mol. The summed E-state index contributed by atoms with van der Waals surface area (Å²) in [6, 6.07) is 0.0860. The van der Waals surface area contributed by atoms with Crippen molar-refractivity contribution in [2.24, 2.45) is 7.05 Å². The first kappa shape index (κ1) is 8.10. The van der Waals surface area contributed by atoms with Gasteiger partial charge in [0.25, 0.3) is 0 Å². The molecule has 1 aromatic heterocycles. The van der Waals surface area contributed by atoms with Gasteiger partial charge in [0.15, 0.2) is 0 Å². The zero-order valence-corrected chi connectivity index (χ0v) is 7.36. The lowest BCUT2D eigenvalue weighted by atomic mass is 10.2. The maximum Gasteiger partial charge on any atom is 0.407 e. The van der Waals surface area contributed by atoms with Crippen molar-refractivity contribution in [3.8, 4) is 0 Å². The highest BCUT2D eigenvalue weighted by Gasteiger charge is 2.22. The summed E-state index contributed by atoms with van der Waals surface area (Å²) in [7, 11) is 1.93. The third-order valence-corrected chi connectivity index (χ3v) is 2.11. The third-order valence-electron chi connectivity index (χ3n) is 2.11. The first-order valence-electron chi connectivity index (χ1n) is 4.14. The normalized spacial score (nSPS) is 21.3. The molecule has 1 saturated heterocycles. The minimum absolute atomic E-state index is 0.0860. The number of hydrogen-bond acceptors (Lipinski definition) is 3. The van der Waals surface area contributed by atoms with Crippen LogP contribution in [0.15, 0.2) is 12.5 Å². The molecule has 2 heterocycles. The smallest absolute Gasteiger partial charge is 0.407 e. The van der Waals surface area contributed by atoms with E-state index in [9.17, 15) is 4.79 Å². The monoisotopic (exact) mass is 181 g/mol. The molecule has 1 aliphatic heterocycles. The summed E-state index contributed by atoms with van der Waals surface area (Å²) in [6.45, 7) is 0.448. The van der Waals surface area contributed by atoms with E-state index in [0.717, 1.165) is 12.1 Å². The van der Waals surface area contributed by atoms with Crippen LogP contribution in [-0.4, -0.2) is 28.3 Å². The Hall–Kier alpha value is -1.52. The highest BCUT2D eigenvalue weighted by atomic mass is 16.6. The molecule has 1 aliphatic rings. The highest BCUT2D eigenvalue weighted by Crippen LogP contribution is 2.06. The molecule has 0 saturated carbocycles. The fourth-order valence-electron chi connectivity index (χ4n) is 1.37. The SMILES string of the molecule is Cn1cncc1C[C@H]1COC(=O)N1. The molecule has 0 bridgehead atoms. The van der Waals surface area contributed by atoms with Gasteiger partial charge in [-0.25, -0.2) is 9.78 Å². The Labute approximate surface area is 75.7 Å². The van der Waals surface area contributed by atoms with Crippen LogP contribution < -0.4 is 5.32 Å². The van der Waals surface area contributed by atoms with Crippen LogP contribution in [0.1, 0.15) is 5.69 Å². The predicted octanol–water partition coefficient (Wildman–Crippen LogP) is 0.0710. The molecule has 13 heavy (non-hydrogen) atoms. The van der Waals surface area contributed by atoms with Crippen molar-refractivity contribution in [1.29, 1.82) is 0 Å². The lowest BCUT2D eigenvalue weighted by Gasteiger charge is -2.06. The molecular formula is C8H11N3O2. The van der Waals surface area contributed by atoms with Crippen LogP contribution in [0.5, 0.6) is 0 Å². The van der Waals surface area contributed by atoms with Gasteiger partial charge < -0.3 is 14.6 Å². The maximum atomic E-state index is 10.7. The molecule has 2 rings (SSSR count). The molecule has 5 heteroatoms. The number of ether oxygens (including phenoxy) is 1. The topological polar surface area (TPSA) is 56.2 Å². The Morgan fingerprint density at radius 1 is 1.85 bits per heavy atom. The maximum absolute atomic E-state index is 10.7. The van der Waals surface area contributed by atoms with Gasteiger partial charge in [-0.15, -0.1) is 0 Å². The molecule has 1 atom stereocenters. The largest absolute Gasteiger partial charge is 0.447 e. The van der Waals surface area contributed by atoms with Crippen molar-refractivity contribution < 1.29 is 9.53 Å². The van der Waals surface area contributed by atoms with E-state index in [-0.39, 0.29) is 12.1 Å². The Balaban J connectivity index is 1.99. The van der Waals surface area contributed by atoms with Gasteiger partial charge in [-0.3, -0.25) is 0 Å². The second kappa shape index (κ2) is 3.08. The number of aromatic nitrogens is 2. The number of alkyl carbamates (subject to hydrolysis) is 1. The standard InChI is InChI=1S/C8H11N3O2/c1-11-5-9-3-7(11)2-6-4-13-8(12)10-6/h3,5-6H,2,4H2,1H3,(H,10,12)/t6-/m0/s1. The van der Waals surface area contributed by atoms with E-state index < -0.39 is 0 Å². The van der Waals surface area contributed by atoms with Crippen LogP contribution in [0.2, 0.25) is 0 Å². The molecule has 0 unspecified atom stereocenters. The van der Waals surface area contributed by atoms with Gasteiger partial charge in [0.05, 0.1) is 12.4 Å². The number of aryl methyl sites for hydroxylation is 1. The van der Waals surface area contributed by atoms with Crippen molar-refractivity contribution in [2.75, 3.05) is 6.61 Å². The second-order valence-electron chi connectivity index (χ2n) is 3.14. The fourth-order valence-corrected chi connectivity index (χ4v) is 1.37. The van der Waals surface area contributed by atoms with E-state index in [1.165, 1.54) is 0 Å². The molecule has 0 aliphatic carbocycles. The summed E-state index contributed by atoms with van der Waals surface area (Å²) < 4.78 is 6.71. The molecule has 0 aromatic carbocycles. The van der Waals surface area contributed by atoms with Gasteiger partial charge in [0.1, 0.15) is 6.61 Å². The molecule has 1 N–H and O–H groups in total. The van der Waals surface area contributed by atoms with E-state index >= 15 is 0 Å². The van der Waals surface area contributed by atoms with Crippen LogP contribution in [0.25, 0.3) is 0 Å². The van der Waals surface area contributed by atoms with Crippen molar-refractivity contribution in [1.82, 2.24) is 14.9 Å². The number of imidazole rings is 1. The molecule has 1 amide bonds. The van der Waals surface area contributed by atoms with Crippen molar-refractivity contribution in [3.05, 3.63) is 18.2 Å². The fraction of sp³-hybridized carbons (Fsp3) is 0.500. The summed E-state index contributed by atoms with van der Waals surface area (Å²) in [6.07, 6.45) is 3.98. The van der Waals surface area contributed by atoms with Gasteiger partial charge in [0.2, 0.25) is 0 Å².